The van der Waals surface area contributed by atoms with Gasteiger partial charge in [-0.1, -0.05) is 13.8 Å². The first-order valence-electron chi connectivity index (χ1n) is 10.3. The summed E-state index contributed by atoms with van der Waals surface area (Å²) in [5.41, 5.74) is 0.447. The van der Waals surface area contributed by atoms with E-state index in [-0.39, 0.29) is 22.9 Å². The van der Waals surface area contributed by atoms with Crippen molar-refractivity contribution >= 4 is 15.9 Å². The Hall–Kier alpha value is -2.72. The summed E-state index contributed by atoms with van der Waals surface area (Å²) in [6.07, 6.45) is 2.96. The highest BCUT2D eigenvalue weighted by Crippen LogP contribution is 2.21. The summed E-state index contributed by atoms with van der Waals surface area (Å²) in [6, 6.07) is 7.99. The Morgan fingerprint density at radius 3 is 2.55 bits per heavy atom. The second-order valence-corrected chi connectivity index (χ2v) is 9.07. The summed E-state index contributed by atoms with van der Waals surface area (Å²) in [5, 5.41) is 0. The van der Waals surface area contributed by atoms with Gasteiger partial charge in [-0.3, -0.25) is 4.79 Å². The lowest BCUT2D eigenvalue weighted by atomic mass is 10.1. The number of carbonyl (C=O) groups is 1. The minimum atomic E-state index is -3.55. The van der Waals surface area contributed by atoms with Crippen molar-refractivity contribution in [3.05, 3.63) is 42.1 Å². The molecular weight excluding hydrogens is 420 g/mol. The predicted octanol–water partition coefficient (Wildman–Crippen LogP) is 2.20. The number of rotatable bonds is 8. The molecule has 0 spiro atoms. The molecule has 10 heteroatoms. The fraction of sp³-hybridized carbons (Fsp3) is 0.476. The van der Waals surface area contributed by atoms with Crippen molar-refractivity contribution in [1.82, 2.24) is 19.2 Å². The Morgan fingerprint density at radius 1 is 1.19 bits per heavy atom. The van der Waals surface area contributed by atoms with Crippen LogP contribution in [-0.4, -0.2) is 72.9 Å². The average molecular weight is 449 g/mol. The van der Waals surface area contributed by atoms with Crippen LogP contribution in [0.5, 0.6) is 11.9 Å². The lowest BCUT2D eigenvalue weighted by Gasteiger charge is -2.32. The number of likely N-dealkylation sites (tertiary alicyclic amines) is 1. The Bertz CT molecular complexity index is 993. The molecule has 0 saturated carbocycles. The molecule has 0 aliphatic carbocycles. The van der Waals surface area contributed by atoms with Crippen LogP contribution in [0.2, 0.25) is 0 Å². The fourth-order valence-corrected chi connectivity index (χ4v) is 5.00. The molecule has 1 atom stereocenters. The number of benzene rings is 1. The summed E-state index contributed by atoms with van der Waals surface area (Å²) >= 11 is 0. The van der Waals surface area contributed by atoms with Crippen LogP contribution in [0.1, 0.15) is 37.0 Å². The zero-order chi connectivity index (χ0) is 22.4. The largest absolute Gasteiger partial charge is 0.472 e. The van der Waals surface area contributed by atoms with Crippen LogP contribution in [-0.2, 0) is 10.0 Å². The van der Waals surface area contributed by atoms with Gasteiger partial charge in [0, 0.05) is 37.5 Å². The van der Waals surface area contributed by atoms with Gasteiger partial charge in [0.05, 0.1) is 18.6 Å². The Labute approximate surface area is 183 Å². The molecule has 1 aromatic heterocycles. The third-order valence-corrected chi connectivity index (χ3v) is 7.25. The molecule has 0 N–H and O–H groups in total. The number of sulfonamides is 1. The Kier molecular flexibility index (Phi) is 7.45. The van der Waals surface area contributed by atoms with E-state index in [1.165, 1.54) is 23.5 Å². The maximum atomic E-state index is 13.0. The average Bonchev–Trinajstić information content (AvgIpc) is 2.79. The number of aromatic nitrogens is 2. The van der Waals surface area contributed by atoms with Gasteiger partial charge in [0.25, 0.3) is 5.91 Å². The minimum Gasteiger partial charge on any atom is -0.472 e. The molecule has 1 saturated heterocycles. The maximum Gasteiger partial charge on any atom is 0.319 e. The molecule has 1 fully saturated rings. The monoisotopic (exact) mass is 448 g/mol. The summed E-state index contributed by atoms with van der Waals surface area (Å²) < 4.78 is 37.6. The van der Waals surface area contributed by atoms with Crippen LogP contribution in [0.15, 0.2) is 41.4 Å². The molecule has 31 heavy (non-hydrogen) atoms. The molecule has 0 bridgehead atoms. The van der Waals surface area contributed by atoms with E-state index < -0.39 is 10.0 Å². The van der Waals surface area contributed by atoms with Crippen molar-refractivity contribution in [1.29, 1.82) is 0 Å². The number of piperidine rings is 1. The fourth-order valence-electron chi connectivity index (χ4n) is 3.54. The SMILES string of the molecule is CCN(CC)S(=O)(=O)c1ccc(C(=O)N2CCCC(Oc3ccnc(OC)n3)C2)cc1. The van der Waals surface area contributed by atoms with E-state index >= 15 is 0 Å². The van der Waals surface area contributed by atoms with Crippen LogP contribution in [0.3, 0.4) is 0 Å². The summed E-state index contributed by atoms with van der Waals surface area (Å²) in [6.45, 7) is 5.42. The molecule has 1 aliphatic heterocycles. The molecule has 1 amide bonds. The molecule has 3 rings (SSSR count). The first kappa shape index (κ1) is 23.0. The molecule has 0 radical (unpaired) electrons. The smallest absolute Gasteiger partial charge is 0.319 e. The van der Waals surface area contributed by atoms with Crippen molar-refractivity contribution in [2.24, 2.45) is 0 Å². The third kappa shape index (κ3) is 5.31. The van der Waals surface area contributed by atoms with Crippen LogP contribution in [0.25, 0.3) is 0 Å². The zero-order valence-corrected chi connectivity index (χ0v) is 18.8. The topological polar surface area (TPSA) is 102 Å². The highest BCUT2D eigenvalue weighted by Gasteiger charge is 2.27. The standard InChI is InChI=1S/C21H28N4O5S/c1-4-25(5-2)31(27,28)18-10-8-16(9-11-18)20(26)24-14-6-7-17(15-24)30-19-12-13-22-21(23-19)29-3/h8-13,17H,4-7,14-15H2,1-3H3. The van der Waals surface area contributed by atoms with Gasteiger partial charge in [-0.2, -0.15) is 9.29 Å². The molecule has 2 aromatic rings. The third-order valence-electron chi connectivity index (χ3n) is 5.19. The summed E-state index contributed by atoms with van der Waals surface area (Å²) in [5.74, 6) is 0.248. The number of amides is 1. The van der Waals surface area contributed by atoms with E-state index in [9.17, 15) is 13.2 Å². The number of hydrogen-bond donors (Lipinski definition) is 0. The highest BCUT2D eigenvalue weighted by atomic mass is 32.2. The molecule has 168 valence electrons. The molecule has 9 nitrogen and oxygen atoms in total. The Balaban J connectivity index is 1.68. The lowest BCUT2D eigenvalue weighted by Crippen LogP contribution is -2.44. The van der Waals surface area contributed by atoms with Crippen LogP contribution < -0.4 is 9.47 Å². The van der Waals surface area contributed by atoms with Gasteiger partial charge in [0.1, 0.15) is 6.10 Å². The summed E-state index contributed by atoms with van der Waals surface area (Å²) in [7, 11) is -2.07. The van der Waals surface area contributed by atoms with Gasteiger partial charge in [0.2, 0.25) is 15.9 Å². The van der Waals surface area contributed by atoms with Crippen LogP contribution in [0.4, 0.5) is 0 Å². The summed E-state index contributed by atoms with van der Waals surface area (Å²) in [4.78, 5) is 23.0. The van der Waals surface area contributed by atoms with Crippen molar-refractivity contribution < 1.29 is 22.7 Å². The predicted molar refractivity (Wildman–Crippen MR) is 115 cm³/mol. The van der Waals surface area contributed by atoms with Crippen LogP contribution >= 0.6 is 0 Å². The Morgan fingerprint density at radius 2 is 1.90 bits per heavy atom. The normalized spacial score (nSPS) is 16.9. The van der Waals surface area contributed by atoms with Crippen molar-refractivity contribution in [2.45, 2.75) is 37.7 Å². The van der Waals surface area contributed by atoms with E-state index in [4.69, 9.17) is 9.47 Å². The number of methoxy groups -OCH3 is 1. The quantitative estimate of drug-likeness (QED) is 0.610. The van der Waals surface area contributed by atoms with Crippen molar-refractivity contribution in [2.75, 3.05) is 33.3 Å². The van der Waals surface area contributed by atoms with Gasteiger partial charge < -0.3 is 14.4 Å². The van der Waals surface area contributed by atoms with E-state index in [0.29, 0.717) is 37.6 Å². The molecular formula is C21H28N4O5S. The number of ether oxygens (including phenoxy) is 2. The second kappa shape index (κ2) is 10.1. The van der Waals surface area contributed by atoms with E-state index in [1.807, 2.05) is 0 Å². The van der Waals surface area contributed by atoms with Gasteiger partial charge >= 0.3 is 6.01 Å². The van der Waals surface area contributed by atoms with Crippen molar-refractivity contribution in [3.63, 3.8) is 0 Å². The number of hydrogen-bond acceptors (Lipinski definition) is 7. The van der Waals surface area contributed by atoms with Gasteiger partial charge in [-0.05, 0) is 37.1 Å². The minimum absolute atomic E-state index is 0.152. The van der Waals surface area contributed by atoms with Gasteiger partial charge in [-0.15, -0.1) is 0 Å². The zero-order valence-electron chi connectivity index (χ0n) is 18.0. The highest BCUT2D eigenvalue weighted by molar-refractivity contribution is 7.89. The van der Waals surface area contributed by atoms with E-state index in [1.54, 1.807) is 43.1 Å². The molecule has 1 aliphatic rings. The second-order valence-electron chi connectivity index (χ2n) is 7.13. The first-order chi connectivity index (χ1) is 14.9. The van der Waals surface area contributed by atoms with Crippen molar-refractivity contribution in [3.8, 4) is 11.9 Å². The first-order valence-corrected chi connectivity index (χ1v) is 11.8. The molecule has 2 heterocycles. The van der Waals surface area contributed by atoms with E-state index in [0.717, 1.165) is 12.8 Å². The lowest BCUT2D eigenvalue weighted by molar-refractivity contribution is 0.0525. The van der Waals surface area contributed by atoms with E-state index in [2.05, 4.69) is 9.97 Å². The van der Waals surface area contributed by atoms with Gasteiger partial charge in [-0.25, -0.2) is 13.4 Å². The number of carbonyl (C=O) groups excluding carboxylic acids is 1. The van der Waals surface area contributed by atoms with Gasteiger partial charge in [0.15, 0.2) is 0 Å². The number of nitrogens with zero attached hydrogens (tertiary/aromatic N) is 4. The molecule has 1 aromatic carbocycles. The molecule has 1 unspecified atom stereocenters. The maximum absolute atomic E-state index is 13.0. The van der Waals surface area contributed by atoms with Crippen LogP contribution in [0, 0.1) is 0 Å².